The molecule has 0 atom stereocenters. The molecule has 2 aromatic carbocycles. The molecule has 0 spiro atoms. The van der Waals surface area contributed by atoms with Gasteiger partial charge >= 0.3 is 0 Å². The first kappa shape index (κ1) is 13.1. The van der Waals surface area contributed by atoms with Crippen molar-refractivity contribution in [2.45, 2.75) is 13.5 Å². The highest BCUT2D eigenvalue weighted by molar-refractivity contribution is 5.99. The van der Waals surface area contributed by atoms with Gasteiger partial charge in [-0.05, 0) is 35.4 Å². The molecule has 4 heteroatoms. The van der Waals surface area contributed by atoms with E-state index in [0.29, 0.717) is 18.7 Å². The highest BCUT2D eigenvalue weighted by Gasteiger charge is 2.03. The van der Waals surface area contributed by atoms with Gasteiger partial charge in [0.15, 0.2) is 0 Å². The van der Waals surface area contributed by atoms with Crippen LogP contribution >= 0.6 is 0 Å². The molecule has 0 fully saturated rings. The van der Waals surface area contributed by atoms with E-state index in [4.69, 9.17) is 11.1 Å². The highest BCUT2D eigenvalue weighted by Crippen LogP contribution is 2.18. The van der Waals surface area contributed by atoms with Crippen molar-refractivity contribution in [3.8, 4) is 0 Å². The van der Waals surface area contributed by atoms with Gasteiger partial charge in [-0.15, -0.1) is 0 Å². The zero-order valence-corrected chi connectivity index (χ0v) is 10.9. The number of rotatable bonds is 5. The Kier molecular flexibility index (Phi) is 3.80. The molecule has 19 heavy (non-hydrogen) atoms. The number of nitrogen functional groups attached to an aromatic ring is 1. The summed E-state index contributed by atoms with van der Waals surface area (Å²) in [5, 5.41) is 9.59. The summed E-state index contributed by atoms with van der Waals surface area (Å²) in [5.74, 6) is 0.0652. The van der Waals surface area contributed by atoms with Gasteiger partial charge in [-0.25, -0.2) is 0 Å². The number of hydrogen-bond acceptors (Lipinski definition) is 2. The zero-order valence-electron chi connectivity index (χ0n) is 10.9. The minimum absolute atomic E-state index is 0.0652. The number of benzene rings is 2. The highest BCUT2D eigenvalue weighted by atomic mass is 16.1. The topological polar surface area (TPSA) is 70.2 Å². The van der Waals surface area contributed by atoms with Crippen LogP contribution in [0.2, 0.25) is 0 Å². The number of carbonyl (C=O) groups is 1. The lowest BCUT2D eigenvalue weighted by Gasteiger charge is -2.15. The Morgan fingerprint density at radius 1 is 1.26 bits per heavy atom. The second kappa shape index (κ2) is 5.52. The molecule has 0 aromatic heterocycles. The maximum Gasteiger partial charge on any atom is 0.209 e. The van der Waals surface area contributed by atoms with Crippen molar-refractivity contribution in [3.63, 3.8) is 0 Å². The number of nitrogens with zero attached hydrogens (tertiary/aromatic N) is 1. The van der Waals surface area contributed by atoms with E-state index in [1.165, 1.54) is 0 Å². The van der Waals surface area contributed by atoms with Crippen LogP contribution in [0, 0.1) is 5.41 Å². The molecule has 3 N–H and O–H groups in total. The summed E-state index contributed by atoms with van der Waals surface area (Å²) in [6.07, 6.45) is 0.857. The van der Waals surface area contributed by atoms with E-state index in [9.17, 15) is 4.79 Å². The van der Waals surface area contributed by atoms with Gasteiger partial charge in [-0.1, -0.05) is 24.3 Å². The van der Waals surface area contributed by atoms with E-state index in [-0.39, 0.29) is 5.84 Å². The number of nitrogens with one attached hydrogen (secondary N) is 1. The fraction of sp³-hybridized carbons (Fsp3) is 0.200. The first-order valence-electron chi connectivity index (χ1n) is 6.20. The molecule has 2 aromatic rings. The molecule has 98 valence electrons. The van der Waals surface area contributed by atoms with Gasteiger partial charge < -0.3 is 10.6 Å². The predicted molar refractivity (Wildman–Crippen MR) is 77.1 cm³/mol. The van der Waals surface area contributed by atoms with Crippen LogP contribution in [0.5, 0.6) is 0 Å². The Bertz CT molecular complexity index is 622. The smallest absolute Gasteiger partial charge is 0.209 e. The normalized spacial score (nSPS) is 10.4. The van der Waals surface area contributed by atoms with Crippen LogP contribution in [0.1, 0.15) is 18.1 Å². The van der Waals surface area contributed by atoms with Crippen LogP contribution in [0.3, 0.4) is 0 Å². The number of nitrogens with two attached hydrogens (primary N) is 1. The van der Waals surface area contributed by atoms with Gasteiger partial charge in [0.2, 0.25) is 6.41 Å². The standard InChI is InChI=1S/C15H17N3O/c1-2-18(10-19)9-11-3-4-12-5-6-13(15(16)17)8-14(12)7-11/h3-8,10H,2,9H2,1H3,(H3,16,17). The fourth-order valence-electron chi connectivity index (χ4n) is 2.02. The molecule has 0 aliphatic rings. The van der Waals surface area contributed by atoms with E-state index in [1.807, 2.05) is 43.3 Å². The Hall–Kier alpha value is -2.36. The second-order valence-electron chi connectivity index (χ2n) is 4.48. The van der Waals surface area contributed by atoms with E-state index in [1.54, 1.807) is 4.90 Å². The monoisotopic (exact) mass is 255 g/mol. The molecule has 4 nitrogen and oxygen atoms in total. The summed E-state index contributed by atoms with van der Waals surface area (Å²) in [5.41, 5.74) is 7.28. The summed E-state index contributed by atoms with van der Waals surface area (Å²) in [6.45, 7) is 3.23. The Morgan fingerprint density at radius 3 is 2.63 bits per heavy atom. The van der Waals surface area contributed by atoms with Crippen LogP contribution in [0.4, 0.5) is 0 Å². The Morgan fingerprint density at radius 2 is 2.00 bits per heavy atom. The minimum Gasteiger partial charge on any atom is -0.384 e. The number of carbonyl (C=O) groups excluding carboxylic acids is 1. The van der Waals surface area contributed by atoms with Crippen molar-refractivity contribution in [2.75, 3.05) is 6.54 Å². The first-order valence-corrected chi connectivity index (χ1v) is 6.20. The molecule has 0 unspecified atom stereocenters. The average molecular weight is 255 g/mol. The molecule has 0 bridgehead atoms. The molecular formula is C15H17N3O. The summed E-state index contributed by atoms with van der Waals surface area (Å²) in [7, 11) is 0. The molecule has 2 rings (SSSR count). The third-order valence-electron chi connectivity index (χ3n) is 3.16. The van der Waals surface area contributed by atoms with Gasteiger partial charge in [-0.2, -0.15) is 0 Å². The molecule has 0 radical (unpaired) electrons. The van der Waals surface area contributed by atoms with Crippen molar-refractivity contribution in [1.29, 1.82) is 5.41 Å². The number of amidine groups is 1. The van der Waals surface area contributed by atoms with E-state index >= 15 is 0 Å². The van der Waals surface area contributed by atoms with Gasteiger partial charge in [0.05, 0.1) is 0 Å². The van der Waals surface area contributed by atoms with Gasteiger partial charge in [-0.3, -0.25) is 10.2 Å². The van der Waals surface area contributed by atoms with Crippen molar-refractivity contribution >= 4 is 23.0 Å². The van der Waals surface area contributed by atoms with Crippen molar-refractivity contribution in [2.24, 2.45) is 5.73 Å². The van der Waals surface area contributed by atoms with Crippen LogP contribution in [0.25, 0.3) is 10.8 Å². The maximum absolute atomic E-state index is 10.8. The maximum atomic E-state index is 10.8. The Balaban J connectivity index is 2.37. The van der Waals surface area contributed by atoms with E-state index in [2.05, 4.69) is 0 Å². The first-order chi connectivity index (χ1) is 9.13. The lowest BCUT2D eigenvalue weighted by atomic mass is 10.0. The lowest BCUT2D eigenvalue weighted by molar-refractivity contribution is -0.118. The van der Waals surface area contributed by atoms with Gasteiger partial charge in [0, 0.05) is 18.7 Å². The summed E-state index contributed by atoms with van der Waals surface area (Å²) in [4.78, 5) is 12.5. The molecule has 0 aliphatic carbocycles. The van der Waals surface area contributed by atoms with Crippen LogP contribution in [0.15, 0.2) is 36.4 Å². The molecule has 0 saturated carbocycles. The van der Waals surface area contributed by atoms with Gasteiger partial charge in [0.25, 0.3) is 0 Å². The fourth-order valence-corrected chi connectivity index (χ4v) is 2.02. The summed E-state index contributed by atoms with van der Waals surface area (Å²) in [6, 6.07) is 11.8. The molecule has 1 amide bonds. The van der Waals surface area contributed by atoms with E-state index in [0.717, 1.165) is 22.7 Å². The number of hydrogen-bond donors (Lipinski definition) is 2. The predicted octanol–water partition coefficient (Wildman–Crippen LogP) is 2.10. The molecule has 0 aliphatic heterocycles. The SMILES string of the molecule is CCN(C=O)Cc1ccc2ccc(C(=N)N)cc2c1. The number of fused-ring (bicyclic) bond motifs is 1. The number of amides is 1. The summed E-state index contributed by atoms with van der Waals surface area (Å²) < 4.78 is 0. The molecular weight excluding hydrogens is 238 g/mol. The molecule has 0 heterocycles. The average Bonchev–Trinajstić information content (AvgIpc) is 2.43. The quantitative estimate of drug-likeness (QED) is 0.488. The Labute approximate surface area is 112 Å². The van der Waals surface area contributed by atoms with Crippen molar-refractivity contribution in [3.05, 3.63) is 47.5 Å². The zero-order chi connectivity index (χ0) is 13.8. The van der Waals surface area contributed by atoms with Crippen LogP contribution < -0.4 is 5.73 Å². The molecule has 0 saturated heterocycles. The minimum atomic E-state index is 0.0652. The van der Waals surface area contributed by atoms with Gasteiger partial charge in [0.1, 0.15) is 5.84 Å². The van der Waals surface area contributed by atoms with Crippen LogP contribution in [-0.2, 0) is 11.3 Å². The second-order valence-corrected chi connectivity index (χ2v) is 4.48. The third kappa shape index (κ3) is 2.91. The third-order valence-corrected chi connectivity index (χ3v) is 3.16. The largest absolute Gasteiger partial charge is 0.384 e. The van der Waals surface area contributed by atoms with Crippen LogP contribution in [-0.4, -0.2) is 23.7 Å². The van der Waals surface area contributed by atoms with Crippen molar-refractivity contribution in [1.82, 2.24) is 4.90 Å². The summed E-state index contributed by atoms with van der Waals surface area (Å²) >= 11 is 0. The van der Waals surface area contributed by atoms with Crippen molar-refractivity contribution < 1.29 is 4.79 Å². The lowest BCUT2D eigenvalue weighted by Crippen LogP contribution is -2.20. The van der Waals surface area contributed by atoms with E-state index < -0.39 is 0 Å².